The topological polar surface area (TPSA) is 29.3 Å². The zero-order chi connectivity index (χ0) is 12.0. The van der Waals surface area contributed by atoms with Crippen LogP contribution in [0.1, 0.15) is 18.9 Å². The van der Waals surface area contributed by atoms with E-state index >= 15 is 0 Å². The molecule has 0 radical (unpaired) electrons. The fraction of sp³-hybridized carbons (Fsp3) is 0.538. The second kappa shape index (κ2) is 6.89. The number of nitrogens with zero attached hydrogens (tertiary/aromatic N) is 1. The predicted octanol–water partition coefficient (Wildman–Crippen LogP) is 2.55. The standard InChI is InChI=1S/C13H21ClN2/c1-11(6-8-15)16(2)9-7-12-4-3-5-13(14)10-12/h3-5,10-11H,6-9,15H2,1-2H3. The zero-order valence-corrected chi connectivity index (χ0v) is 10.9. The molecule has 0 bridgehead atoms. The Morgan fingerprint density at radius 3 is 2.81 bits per heavy atom. The molecule has 16 heavy (non-hydrogen) atoms. The quantitative estimate of drug-likeness (QED) is 0.828. The SMILES string of the molecule is CC(CCN)N(C)CCc1cccc(Cl)c1. The van der Waals surface area contributed by atoms with Gasteiger partial charge >= 0.3 is 0 Å². The summed E-state index contributed by atoms with van der Waals surface area (Å²) in [5.74, 6) is 0. The summed E-state index contributed by atoms with van der Waals surface area (Å²) in [6.07, 6.45) is 2.08. The van der Waals surface area contributed by atoms with Crippen LogP contribution in [0.3, 0.4) is 0 Å². The first-order valence-electron chi connectivity index (χ1n) is 5.78. The molecule has 0 amide bonds. The van der Waals surface area contributed by atoms with E-state index in [9.17, 15) is 0 Å². The van der Waals surface area contributed by atoms with Gasteiger partial charge in [0, 0.05) is 17.6 Å². The molecule has 0 saturated carbocycles. The number of benzene rings is 1. The van der Waals surface area contributed by atoms with Crippen molar-refractivity contribution in [3.05, 3.63) is 34.9 Å². The second-order valence-corrected chi connectivity index (χ2v) is 4.72. The van der Waals surface area contributed by atoms with Crippen LogP contribution in [-0.4, -0.2) is 31.1 Å². The van der Waals surface area contributed by atoms with Gasteiger partial charge in [-0.1, -0.05) is 23.7 Å². The molecule has 0 aromatic heterocycles. The Kier molecular flexibility index (Phi) is 5.81. The fourth-order valence-electron chi connectivity index (χ4n) is 1.68. The largest absolute Gasteiger partial charge is 0.330 e. The summed E-state index contributed by atoms with van der Waals surface area (Å²) in [7, 11) is 2.14. The molecule has 0 fully saturated rings. The molecule has 1 aromatic carbocycles. The summed E-state index contributed by atoms with van der Waals surface area (Å²) in [6.45, 7) is 4.01. The summed E-state index contributed by atoms with van der Waals surface area (Å²) in [5, 5.41) is 0.815. The van der Waals surface area contributed by atoms with E-state index in [4.69, 9.17) is 17.3 Å². The van der Waals surface area contributed by atoms with Gasteiger partial charge in [-0.15, -0.1) is 0 Å². The molecule has 1 aromatic rings. The predicted molar refractivity (Wildman–Crippen MR) is 70.9 cm³/mol. The Hall–Kier alpha value is -0.570. The highest BCUT2D eigenvalue weighted by molar-refractivity contribution is 6.30. The van der Waals surface area contributed by atoms with Crippen molar-refractivity contribution in [3.8, 4) is 0 Å². The number of nitrogens with two attached hydrogens (primary N) is 1. The van der Waals surface area contributed by atoms with Gasteiger partial charge < -0.3 is 10.6 Å². The van der Waals surface area contributed by atoms with E-state index in [0.717, 1.165) is 31.0 Å². The van der Waals surface area contributed by atoms with Crippen molar-refractivity contribution in [3.63, 3.8) is 0 Å². The van der Waals surface area contributed by atoms with Crippen LogP contribution in [0.2, 0.25) is 5.02 Å². The Morgan fingerprint density at radius 2 is 2.19 bits per heavy atom. The van der Waals surface area contributed by atoms with Crippen LogP contribution < -0.4 is 5.73 Å². The number of likely N-dealkylation sites (N-methyl/N-ethyl adjacent to an activating group) is 1. The lowest BCUT2D eigenvalue weighted by Crippen LogP contribution is -2.32. The van der Waals surface area contributed by atoms with Crippen LogP contribution in [0.4, 0.5) is 0 Å². The third kappa shape index (κ3) is 4.52. The molecule has 1 unspecified atom stereocenters. The lowest BCUT2D eigenvalue weighted by atomic mass is 10.1. The minimum Gasteiger partial charge on any atom is -0.330 e. The lowest BCUT2D eigenvalue weighted by Gasteiger charge is -2.24. The van der Waals surface area contributed by atoms with Gasteiger partial charge in [0.2, 0.25) is 0 Å². The molecule has 90 valence electrons. The van der Waals surface area contributed by atoms with Crippen molar-refractivity contribution in [2.75, 3.05) is 20.1 Å². The molecule has 1 rings (SSSR count). The summed E-state index contributed by atoms with van der Waals surface area (Å²) in [5.41, 5.74) is 6.84. The summed E-state index contributed by atoms with van der Waals surface area (Å²) >= 11 is 5.94. The van der Waals surface area contributed by atoms with Crippen molar-refractivity contribution in [1.29, 1.82) is 0 Å². The number of hydrogen-bond acceptors (Lipinski definition) is 2. The van der Waals surface area contributed by atoms with Gasteiger partial charge in [-0.05, 0) is 51.1 Å². The molecule has 0 aliphatic carbocycles. The second-order valence-electron chi connectivity index (χ2n) is 4.29. The molecule has 2 N–H and O–H groups in total. The highest BCUT2D eigenvalue weighted by Gasteiger charge is 2.07. The Morgan fingerprint density at radius 1 is 1.44 bits per heavy atom. The van der Waals surface area contributed by atoms with Crippen LogP contribution in [0.25, 0.3) is 0 Å². The van der Waals surface area contributed by atoms with Crippen molar-refractivity contribution < 1.29 is 0 Å². The normalized spacial score (nSPS) is 13.1. The third-order valence-electron chi connectivity index (χ3n) is 2.98. The average molecular weight is 241 g/mol. The van der Waals surface area contributed by atoms with Crippen LogP contribution in [0.15, 0.2) is 24.3 Å². The molecule has 3 heteroatoms. The van der Waals surface area contributed by atoms with E-state index in [1.165, 1.54) is 5.56 Å². The molecular weight excluding hydrogens is 220 g/mol. The van der Waals surface area contributed by atoms with E-state index < -0.39 is 0 Å². The monoisotopic (exact) mass is 240 g/mol. The Labute approximate surface area is 103 Å². The zero-order valence-electron chi connectivity index (χ0n) is 10.1. The maximum Gasteiger partial charge on any atom is 0.0408 e. The summed E-state index contributed by atoms with van der Waals surface area (Å²) < 4.78 is 0. The van der Waals surface area contributed by atoms with Crippen molar-refractivity contribution in [2.24, 2.45) is 5.73 Å². The Bertz CT molecular complexity index is 315. The summed E-state index contributed by atoms with van der Waals surface area (Å²) in [6, 6.07) is 8.60. The summed E-state index contributed by atoms with van der Waals surface area (Å²) in [4.78, 5) is 2.34. The van der Waals surface area contributed by atoms with Crippen LogP contribution >= 0.6 is 11.6 Å². The molecule has 0 aliphatic heterocycles. The maximum atomic E-state index is 5.94. The van der Waals surface area contributed by atoms with Crippen molar-refractivity contribution >= 4 is 11.6 Å². The van der Waals surface area contributed by atoms with E-state index in [-0.39, 0.29) is 0 Å². The highest BCUT2D eigenvalue weighted by atomic mass is 35.5. The van der Waals surface area contributed by atoms with Gasteiger partial charge in [-0.25, -0.2) is 0 Å². The van der Waals surface area contributed by atoms with Gasteiger partial charge in [0.05, 0.1) is 0 Å². The maximum absolute atomic E-state index is 5.94. The Balaban J connectivity index is 2.39. The van der Waals surface area contributed by atoms with E-state index in [0.29, 0.717) is 6.04 Å². The van der Waals surface area contributed by atoms with E-state index in [1.807, 2.05) is 18.2 Å². The van der Waals surface area contributed by atoms with Crippen molar-refractivity contribution in [2.45, 2.75) is 25.8 Å². The lowest BCUT2D eigenvalue weighted by molar-refractivity contribution is 0.251. The molecule has 0 heterocycles. The third-order valence-corrected chi connectivity index (χ3v) is 3.21. The first-order chi connectivity index (χ1) is 7.63. The van der Waals surface area contributed by atoms with Crippen LogP contribution in [-0.2, 0) is 6.42 Å². The molecule has 2 nitrogen and oxygen atoms in total. The van der Waals surface area contributed by atoms with Crippen LogP contribution in [0.5, 0.6) is 0 Å². The average Bonchev–Trinajstić information content (AvgIpc) is 2.26. The van der Waals surface area contributed by atoms with Gasteiger partial charge in [0.25, 0.3) is 0 Å². The molecule has 0 aliphatic rings. The number of halogens is 1. The van der Waals surface area contributed by atoms with E-state index in [2.05, 4.69) is 24.9 Å². The molecule has 0 spiro atoms. The number of hydrogen-bond donors (Lipinski definition) is 1. The van der Waals surface area contributed by atoms with Gasteiger partial charge in [0.15, 0.2) is 0 Å². The van der Waals surface area contributed by atoms with Crippen molar-refractivity contribution in [1.82, 2.24) is 4.90 Å². The molecule has 0 saturated heterocycles. The minimum absolute atomic E-state index is 0.546. The van der Waals surface area contributed by atoms with Gasteiger partial charge in [0.1, 0.15) is 0 Å². The van der Waals surface area contributed by atoms with Gasteiger partial charge in [-0.3, -0.25) is 0 Å². The smallest absolute Gasteiger partial charge is 0.0408 e. The first kappa shape index (κ1) is 13.5. The van der Waals surface area contributed by atoms with E-state index in [1.54, 1.807) is 0 Å². The first-order valence-corrected chi connectivity index (χ1v) is 6.16. The molecule has 1 atom stereocenters. The minimum atomic E-state index is 0.546. The fourth-order valence-corrected chi connectivity index (χ4v) is 1.89. The van der Waals surface area contributed by atoms with Gasteiger partial charge in [-0.2, -0.15) is 0 Å². The highest BCUT2D eigenvalue weighted by Crippen LogP contribution is 2.12. The molecular formula is C13H21ClN2. The van der Waals surface area contributed by atoms with Crippen LogP contribution in [0, 0.1) is 0 Å². The number of rotatable bonds is 6.